The first kappa shape index (κ1) is 20.5. The van der Waals surface area contributed by atoms with Crippen molar-refractivity contribution in [3.8, 4) is 0 Å². The van der Waals surface area contributed by atoms with E-state index in [0.717, 1.165) is 23.8 Å². The lowest BCUT2D eigenvalue weighted by atomic mass is 9.77. The maximum Gasteiger partial charge on any atom is 0.340 e. The van der Waals surface area contributed by atoms with Crippen LogP contribution in [0.25, 0.3) is 0 Å². The lowest BCUT2D eigenvalue weighted by molar-refractivity contribution is -0.538. The maximum atomic E-state index is 9.03. The highest BCUT2D eigenvalue weighted by Crippen LogP contribution is 2.32. The van der Waals surface area contributed by atoms with Crippen molar-refractivity contribution in [1.82, 2.24) is 0 Å². The van der Waals surface area contributed by atoms with Crippen LogP contribution in [0.15, 0.2) is 91.0 Å². The lowest BCUT2D eigenvalue weighted by Gasteiger charge is -2.30. The second-order valence-electron chi connectivity index (χ2n) is 5.88. The lowest BCUT2D eigenvalue weighted by Crippen LogP contribution is -2.89. The summed E-state index contributed by atoms with van der Waals surface area (Å²) < 4.78 is 3.56. The van der Waals surface area contributed by atoms with Gasteiger partial charge in [-0.15, -0.1) is 0 Å². The molecule has 0 amide bonds. The Morgan fingerprint density at radius 1 is 0.786 bits per heavy atom. The minimum absolute atomic E-state index is 0.182. The summed E-state index contributed by atoms with van der Waals surface area (Å²) in [4.78, 5) is 12.3. The number of carbonyl (C=O) groups excluding carboxylic acids is 1. The predicted octanol–water partition coefficient (Wildman–Crippen LogP) is 0.309. The first-order chi connectivity index (χ1) is 13.5. The molecule has 0 aliphatic heterocycles. The third kappa shape index (κ3) is 4.88. The van der Waals surface area contributed by atoms with Gasteiger partial charge in [0.25, 0.3) is 6.16 Å². The third-order valence-corrected chi connectivity index (χ3v) is 4.12. The van der Waals surface area contributed by atoms with E-state index in [1.54, 1.807) is 0 Å². The quantitative estimate of drug-likeness (QED) is 0.262. The number of benzene rings is 3. The van der Waals surface area contributed by atoms with Crippen molar-refractivity contribution in [2.75, 3.05) is 7.11 Å². The molecule has 3 rings (SSSR count). The Hall–Kier alpha value is -3.80. The Balaban J connectivity index is 0.000000500. The van der Waals surface area contributed by atoms with Gasteiger partial charge in [0.05, 0.1) is 0 Å². The Morgan fingerprint density at radius 3 is 1.29 bits per heavy atom. The fourth-order valence-corrected chi connectivity index (χ4v) is 3.00. The van der Waals surface area contributed by atoms with E-state index in [1.165, 1.54) is 0 Å². The molecule has 0 aliphatic carbocycles. The number of hydrogen-bond donors (Lipinski definition) is 3. The van der Waals surface area contributed by atoms with E-state index >= 15 is 0 Å². The number of nitrogens with two attached hydrogens (primary N) is 2. The molecule has 0 fully saturated rings. The van der Waals surface area contributed by atoms with Crippen LogP contribution in [-0.4, -0.2) is 19.2 Å². The Bertz CT molecular complexity index is 797. The van der Waals surface area contributed by atoms with Gasteiger partial charge in [-0.3, -0.25) is 16.5 Å². The Labute approximate surface area is 164 Å². The molecule has 3 aromatic carbocycles. The largest absolute Gasteiger partial charge is 0.553 e. The van der Waals surface area contributed by atoms with Crippen molar-refractivity contribution in [2.24, 2.45) is 11.5 Å². The number of rotatable bonds is 4. The first-order valence-electron chi connectivity index (χ1n) is 8.58. The minimum Gasteiger partial charge on any atom is -0.553 e. The molecule has 0 atom stereocenters. The number of nitrogens with one attached hydrogen (secondary N) is 1. The second kappa shape index (κ2) is 9.78. The molecule has 3 aromatic rings. The number of ether oxygens (including phenoxy) is 1. The van der Waals surface area contributed by atoms with Gasteiger partial charge in [0, 0.05) is 23.8 Å². The molecule has 0 aliphatic rings. The number of carboxylic acid groups (broad SMARTS) is 1. The van der Waals surface area contributed by atoms with Crippen LogP contribution in [0.1, 0.15) is 16.7 Å². The van der Waals surface area contributed by atoms with E-state index in [2.05, 4.69) is 46.1 Å². The van der Waals surface area contributed by atoms with Crippen molar-refractivity contribution < 1.29 is 19.6 Å². The second-order valence-corrected chi connectivity index (χ2v) is 5.88. The minimum atomic E-state index is -1.50. The summed E-state index contributed by atoms with van der Waals surface area (Å²) in [5.41, 5.74) is 14.3. The third-order valence-electron chi connectivity index (χ3n) is 4.12. The van der Waals surface area contributed by atoms with E-state index in [1.807, 2.05) is 54.6 Å². The van der Waals surface area contributed by atoms with Crippen molar-refractivity contribution >= 4 is 12.1 Å². The number of methoxy groups -OCH3 is 1. The monoisotopic (exact) mass is 377 g/mol. The van der Waals surface area contributed by atoms with Crippen molar-refractivity contribution in [3.05, 3.63) is 108 Å². The summed E-state index contributed by atoms with van der Waals surface area (Å²) in [7, 11) is 1.04. The maximum absolute atomic E-state index is 9.03. The van der Waals surface area contributed by atoms with Gasteiger partial charge in [-0.25, -0.2) is 0 Å². The van der Waals surface area contributed by atoms with Gasteiger partial charge < -0.3 is 14.6 Å². The molecular weight excluding hydrogens is 354 g/mol. The van der Waals surface area contributed by atoms with Crippen LogP contribution in [-0.2, 0) is 10.3 Å². The molecule has 0 saturated carbocycles. The molecule has 0 radical (unpaired) electrons. The molecule has 6 nitrogen and oxygen atoms in total. The van der Waals surface area contributed by atoms with E-state index in [9.17, 15) is 0 Å². The molecule has 6 heteroatoms. The van der Waals surface area contributed by atoms with E-state index in [4.69, 9.17) is 21.4 Å². The zero-order valence-corrected chi connectivity index (χ0v) is 15.5. The fourth-order valence-electron chi connectivity index (χ4n) is 3.00. The van der Waals surface area contributed by atoms with Gasteiger partial charge in [0.1, 0.15) is 0 Å². The van der Waals surface area contributed by atoms with Gasteiger partial charge in [-0.2, -0.15) is 0 Å². The Kier molecular flexibility index (Phi) is 7.16. The van der Waals surface area contributed by atoms with Gasteiger partial charge >= 0.3 is 5.96 Å². The van der Waals surface area contributed by atoms with Crippen LogP contribution >= 0.6 is 0 Å². The van der Waals surface area contributed by atoms with Gasteiger partial charge in [-0.1, -0.05) is 91.0 Å². The first-order valence-corrected chi connectivity index (χ1v) is 8.58. The normalized spacial score (nSPS) is 10.2. The number of guanidine groups is 1. The zero-order chi connectivity index (χ0) is 20.4. The fraction of sp³-hybridized carbons (Fsp3) is 0.0909. The summed E-state index contributed by atoms with van der Waals surface area (Å²) in [6.45, 7) is 0. The van der Waals surface area contributed by atoms with Crippen LogP contribution in [0, 0.1) is 0 Å². The SMILES string of the molecule is COC(=O)[O-].NC(N)=[NH+]C(c1ccccc1)(c1ccccc1)c1ccccc1. The number of hydrogen-bond acceptors (Lipinski definition) is 3. The molecule has 0 aromatic heterocycles. The highest BCUT2D eigenvalue weighted by Gasteiger charge is 2.37. The molecule has 0 saturated heterocycles. The molecule has 28 heavy (non-hydrogen) atoms. The van der Waals surface area contributed by atoms with Crippen LogP contribution < -0.4 is 21.6 Å². The predicted molar refractivity (Wildman–Crippen MR) is 106 cm³/mol. The van der Waals surface area contributed by atoms with Crippen molar-refractivity contribution in [1.29, 1.82) is 0 Å². The highest BCUT2D eigenvalue weighted by atomic mass is 16.6. The molecule has 0 heterocycles. The van der Waals surface area contributed by atoms with Crippen LogP contribution in [0.5, 0.6) is 0 Å². The van der Waals surface area contributed by atoms with Gasteiger partial charge in [0.15, 0.2) is 5.54 Å². The molecular formula is C22H23N3O3. The Morgan fingerprint density at radius 2 is 1.07 bits per heavy atom. The smallest absolute Gasteiger partial charge is 0.340 e. The summed E-state index contributed by atoms with van der Waals surface area (Å²) in [6, 6.07) is 30.6. The van der Waals surface area contributed by atoms with E-state index in [-0.39, 0.29) is 5.96 Å². The molecule has 0 spiro atoms. The summed E-state index contributed by atoms with van der Waals surface area (Å²) in [5.74, 6) is 0.182. The van der Waals surface area contributed by atoms with Gasteiger partial charge in [0.2, 0.25) is 0 Å². The van der Waals surface area contributed by atoms with Crippen LogP contribution in [0.2, 0.25) is 0 Å². The van der Waals surface area contributed by atoms with Crippen LogP contribution in [0.4, 0.5) is 4.79 Å². The van der Waals surface area contributed by atoms with Crippen molar-refractivity contribution in [2.45, 2.75) is 5.54 Å². The summed E-state index contributed by atoms with van der Waals surface area (Å²) in [5, 5.41) is 9.03. The van der Waals surface area contributed by atoms with Gasteiger partial charge in [-0.05, 0) is 0 Å². The van der Waals surface area contributed by atoms with E-state index < -0.39 is 11.7 Å². The molecule has 5 N–H and O–H groups in total. The topological polar surface area (TPSA) is 115 Å². The standard InChI is InChI=1S/C20H19N3.C2H4O3/c21-19(22)23-20(16-10-4-1-5-11-16,17-12-6-2-7-13-17)18-14-8-3-9-15-18;1-5-2(3)4/h1-15H,(H4,21,22,23);1H3,(H,3,4). The average Bonchev–Trinajstić information content (AvgIpc) is 2.74. The zero-order valence-electron chi connectivity index (χ0n) is 15.5. The van der Waals surface area contributed by atoms with Crippen molar-refractivity contribution in [3.63, 3.8) is 0 Å². The molecule has 144 valence electrons. The number of carbonyl (C=O) groups is 1. The highest BCUT2D eigenvalue weighted by molar-refractivity contribution is 5.70. The summed E-state index contributed by atoms with van der Waals surface area (Å²) in [6.07, 6.45) is -1.50. The average molecular weight is 377 g/mol. The molecule has 0 bridgehead atoms. The van der Waals surface area contributed by atoms with E-state index in [0.29, 0.717) is 0 Å². The van der Waals surface area contributed by atoms with Crippen LogP contribution in [0.3, 0.4) is 0 Å². The summed E-state index contributed by atoms with van der Waals surface area (Å²) >= 11 is 0. The molecule has 0 unspecified atom stereocenters.